The Kier molecular flexibility index (Phi) is 2.75. The molecule has 4 heteroatoms. The van der Waals surface area contributed by atoms with E-state index in [1.807, 2.05) is 0 Å². The zero-order chi connectivity index (χ0) is 11.7. The quantitative estimate of drug-likeness (QED) is 0.830. The van der Waals surface area contributed by atoms with Crippen molar-refractivity contribution in [3.63, 3.8) is 0 Å². The number of hydrogen-bond donors (Lipinski definition) is 1. The number of rotatable bonds is 2. The molecule has 0 radical (unpaired) electrons. The molecule has 2 aromatic rings. The van der Waals surface area contributed by atoms with Gasteiger partial charge in [-0.25, -0.2) is 8.78 Å². The number of nitrogens with zero attached hydrogens (tertiary/aromatic N) is 1. The van der Waals surface area contributed by atoms with Crippen molar-refractivity contribution in [2.75, 3.05) is 0 Å². The van der Waals surface area contributed by atoms with Gasteiger partial charge in [-0.2, -0.15) is 0 Å². The lowest BCUT2D eigenvalue weighted by Gasteiger charge is -2.12. The second kappa shape index (κ2) is 4.06. The molecular weight excluding hydrogens is 212 g/mol. The molecular formula is C12H11F2NO. The van der Waals surface area contributed by atoms with E-state index in [0.717, 1.165) is 12.1 Å². The van der Waals surface area contributed by atoms with E-state index in [2.05, 4.69) is 0 Å². The average molecular weight is 223 g/mol. The van der Waals surface area contributed by atoms with Gasteiger partial charge in [0.05, 0.1) is 5.69 Å². The third-order valence-corrected chi connectivity index (χ3v) is 2.52. The molecule has 84 valence electrons. The van der Waals surface area contributed by atoms with Crippen LogP contribution in [0.3, 0.4) is 0 Å². The first-order valence-corrected chi connectivity index (χ1v) is 4.84. The molecule has 1 aromatic carbocycles. The zero-order valence-electron chi connectivity index (χ0n) is 8.69. The second-order valence-electron chi connectivity index (χ2n) is 3.62. The summed E-state index contributed by atoms with van der Waals surface area (Å²) in [7, 11) is 1.78. The molecule has 0 spiro atoms. The number of aliphatic hydroxyl groups is 1. The van der Waals surface area contributed by atoms with Crippen LogP contribution in [0.15, 0.2) is 36.5 Å². The Morgan fingerprint density at radius 2 is 1.94 bits per heavy atom. The van der Waals surface area contributed by atoms with Gasteiger partial charge in [-0.1, -0.05) is 6.07 Å². The minimum Gasteiger partial charge on any atom is -0.382 e. The number of aromatic nitrogens is 1. The minimum atomic E-state index is -0.953. The lowest BCUT2D eigenvalue weighted by molar-refractivity contribution is 0.211. The van der Waals surface area contributed by atoms with Crippen LogP contribution in [0.1, 0.15) is 17.4 Å². The third-order valence-electron chi connectivity index (χ3n) is 2.52. The highest BCUT2D eigenvalue weighted by atomic mass is 19.2. The maximum Gasteiger partial charge on any atom is 0.159 e. The van der Waals surface area contributed by atoms with Crippen molar-refractivity contribution >= 4 is 0 Å². The molecule has 16 heavy (non-hydrogen) atoms. The van der Waals surface area contributed by atoms with Crippen LogP contribution in [0.25, 0.3) is 0 Å². The number of halogens is 2. The molecule has 1 aromatic heterocycles. The van der Waals surface area contributed by atoms with Crippen molar-refractivity contribution in [1.82, 2.24) is 4.57 Å². The molecule has 0 saturated heterocycles. The van der Waals surface area contributed by atoms with E-state index in [4.69, 9.17) is 0 Å². The van der Waals surface area contributed by atoms with Crippen molar-refractivity contribution in [3.8, 4) is 0 Å². The van der Waals surface area contributed by atoms with Crippen LogP contribution in [0.5, 0.6) is 0 Å². The summed E-state index contributed by atoms with van der Waals surface area (Å²) in [5.74, 6) is -1.87. The maximum absolute atomic E-state index is 13.0. The summed E-state index contributed by atoms with van der Waals surface area (Å²) >= 11 is 0. The first-order chi connectivity index (χ1) is 7.59. The van der Waals surface area contributed by atoms with Crippen LogP contribution in [0.2, 0.25) is 0 Å². The first-order valence-electron chi connectivity index (χ1n) is 4.84. The van der Waals surface area contributed by atoms with Gasteiger partial charge in [0.15, 0.2) is 11.6 Å². The number of aryl methyl sites for hydroxylation is 1. The SMILES string of the molecule is Cn1cccc1C(O)c1ccc(F)c(F)c1. The van der Waals surface area contributed by atoms with Crippen LogP contribution >= 0.6 is 0 Å². The predicted octanol–water partition coefficient (Wildman–Crippen LogP) is 2.39. The summed E-state index contributed by atoms with van der Waals surface area (Å²) in [6, 6.07) is 6.89. The predicted molar refractivity (Wildman–Crippen MR) is 55.8 cm³/mol. The summed E-state index contributed by atoms with van der Waals surface area (Å²) in [5.41, 5.74) is 0.965. The molecule has 0 aliphatic carbocycles. The van der Waals surface area contributed by atoms with Crippen LogP contribution in [0, 0.1) is 11.6 Å². The molecule has 1 unspecified atom stereocenters. The van der Waals surface area contributed by atoms with Gasteiger partial charge in [-0.05, 0) is 29.8 Å². The highest BCUT2D eigenvalue weighted by molar-refractivity contribution is 5.27. The van der Waals surface area contributed by atoms with Crippen LogP contribution in [-0.2, 0) is 7.05 Å². The molecule has 0 bridgehead atoms. The lowest BCUT2D eigenvalue weighted by atomic mass is 10.1. The highest BCUT2D eigenvalue weighted by Gasteiger charge is 2.14. The van der Waals surface area contributed by atoms with E-state index >= 15 is 0 Å². The Labute approximate surface area is 91.8 Å². The van der Waals surface area contributed by atoms with Crippen LogP contribution < -0.4 is 0 Å². The third kappa shape index (κ3) is 1.84. The molecule has 0 fully saturated rings. The summed E-state index contributed by atoms with van der Waals surface area (Å²) in [4.78, 5) is 0. The Balaban J connectivity index is 2.38. The van der Waals surface area contributed by atoms with Crippen molar-refractivity contribution in [3.05, 3.63) is 59.4 Å². The number of benzene rings is 1. The Hall–Kier alpha value is -1.68. The van der Waals surface area contributed by atoms with Gasteiger partial charge in [0.2, 0.25) is 0 Å². The molecule has 0 aliphatic heterocycles. The summed E-state index contributed by atoms with van der Waals surface area (Å²) in [6.45, 7) is 0. The maximum atomic E-state index is 13.0. The molecule has 0 aliphatic rings. The monoisotopic (exact) mass is 223 g/mol. The Bertz CT molecular complexity index is 507. The van der Waals surface area contributed by atoms with E-state index in [-0.39, 0.29) is 0 Å². The van der Waals surface area contributed by atoms with E-state index in [1.165, 1.54) is 6.07 Å². The lowest BCUT2D eigenvalue weighted by Crippen LogP contribution is -2.05. The van der Waals surface area contributed by atoms with E-state index in [0.29, 0.717) is 11.3 Å². The van der Waals surface area contributed by atoms with E-state index in [1.54, 1.807) is 29.9 Å². The zero-order valence-corrected chi connectivity index (χ0v) is 8.69. The molecule has 2 rings (SSSR count). The fourth-order valence-electron chi connectivity index (χ4n) is 1.61. The molecule has 1 atom stereocenters. The molecule has 2 nitrogen and oxygen atoms in total. The summed E-state index contributed by atoms with van der Waals surface area (Å²) in [6.07, 6.45) is 0.827. The molecule has 0 saturated carbocycles. The fraction of sp³-hybridized carbons (Fsp3) is 0.167. The summed E-state index contributed by atoms with van der Waals surface area (Å²) < 4.78 is 27.4. The molecule has 1 N–H and O–H groups in total. The minimum absolute atomic E-state index is 0.334. The normalized spacial score (nSPS) is 12.8. The standard InChI is InChI=1S/C12H11F2NO/c1-15-6-2-3-11(15)12(16)8-4-5-9(13)10(14)7-8/h2-7,12,16H,1H3. The van der Waals surface area contributed by atoms with Gasteiger partial charge >= 0.3 is 0 Å². The van der Waals surface area contributed by atoms with Gasteiger partial charge in [-0.3, -0.25) is 0 Å². The van der Waals surface area contributed by atoms with Crippen molar-refractivity contribution in [1.29, 1.82) is 0 Å². The van der Waals surface area contributed by atoms with Gasteiger partial charge < -0.3 is 9.67 Å². The van der Waals surface area contributed by atoms with Crippen LogP contribution in [0.4, 0.5) is 8.78 Å². The topological polar surface area (TPSA) is 25.2 Å². The van der Waals surface area contributed by atoms with Crippen molar-refractivity contribution in [2.45, 2.75) is 6.10 Å². The van der Waals surface area contributed by atoms with Crippen LogP contribution in [-0.4, -0.2) is 9.67 Å². The highest BCUT2D eigenvalue weighted by Crippen LogP contribution is 2.23. The summed E-state index contributed by atoms with van der Waals surface area (Å²) in [5, 5.41) is 9.97. The number of aliphatic hydroxyl groups excluding tert-OH is 1. The van der Waals surface area contributed by atoms with Gasteiger partial charge in [0.25, 0.3) is 0 Å². The van der Waals surface area contributed by atoms with E-state index in [9.17, 15) is 13.9 Å². The fourth-order valence-corrected chi connectivity index (χ4v) is 1.61. The van der Waals surface area contributed by atoms with Gasteiger partial charge in [-0.15, -0.1) is 0 Å². The largest absolute Gasteiger partial charge is 0.382 e. The molecule has 0 amide bonds. The molecule has 1 heterocycles. The Morgan fingerprint density at radius 3 is 2.50 bits per heavy atom. The first kappa shape index (κ1) is 10.8. The van der Waals surface area contributed by atoms with Gasteiger partial charge in [0.1, 0.15) is 6.10 Å². The smallest absolute Gasteiger partial charge is 0.159 e. The second-order valence-corrected chi connectivity index (χ2v) is 3.62. The number of hydrogen-bond acceptors (Lipinski definition) is 1. The van der Waals surface area contributed by atoms with Crippen molar-refractivity contribution in [2.24, 2.45) is 7.05 Å². The Morgan fingerprint density at radius 1 is 1.19 bits per heavy atom. The van der Waals surface area contributed by atoms with E-state index < -0.39 is 17.7 Å². The van der Waals surface area contributed by atoms with Crippen molar-refractivity contribution < 1.29 is 13.9 Å². The van der Waals surface area contributed by atoms with Gasteiger partial charge in [0, 0.05) is 13.2 Å². The average Bonchev–Trinajstić information content (AvgIpc) is 2.67.